The van der Waals surface area contributed by atoms with Crippen molar-refractivity contribution in [3.8, 4) is 17.0 Å². The second-order valence-corrected chi connectivity index (χ2v) is 12.3. The lowest BCUT2D eigenvalue weighted by Gasteiger charge is -2.42. The molecule has 0 amide bonds. The molecule has 0 unspecified atom stereocenters. The lowest BCUT2D eigenvalue weighted by molar-refractivity contribution is 0.0556. The molecule has 1 N–H and O–H groups in total. The van der Waals surface area contributed by atoms with Crippen LogP contribution in [0.3, 0.4) is 0 Å². The summed E-state index contributed by atoms with van der Waals surface area (Å²) >= 11 is 0. The summed E-state index contributed by atoms with van der Waals surface area (Å²) in [5.41, 5.74) is 4.10. The summed E-state index contributed by atoms with van der Waals surface area (Å²) in [5, 5.41) is 0. The Hall–Kier alpha value is -3.25. The van der Waals surface area contributed by atoms with Crippen LogP contribution in [0.2, 0.25) is 0 Å². The van der Waals surface area contributed by atoms with Crippen molar-refractivity contribution in [1.29, 1.82) is 0 Å². The molecular formula is C29H38N6O4S. The van der Waals surface area contributed by atoms with E-state index in [-0.39, 0.29) is 10.8 Å². The Kier molecular flexibility index (Phi) is 8.55. The van der Waals surface area contributed by atoms with Gasteiger partial charge in [-0.15, -0.1) is 0 Å². The monoisotopic (exact) mass is 566 g/mol. The van der Waals surface area contributed by atoms with Crippen molar-refractivity contribution in [2.45, 2.75) is 37.4 Å². The van der Waals surface area contributed by atoms with Gasteiger partial charge < -0.3 is 14.4 Å². The van der Waals surface area contributed by atoms with E-state index in [4.69, 9.17) is 9.47 Å². The topological polar surface area (TPSA) is 100 Å². The predicted molar refractivity (Wildman–Crippen MR) is 156 cm³/mol. The number of morpholine rings is 1. The van der Waals surface area contributed by atoms with E-state index in [1.807, 2.05) is 4.90 Å². The molecule has 2 aliphatic heterocycles. The molecule has 3 aromatic rings. The van der Waals surface area contributed by atoms with Crippen LogP contribution >= 0.6 is 0 Å². The number of hydrogen-bond acceptors (Lipinski definition) is 9. The summed E-state index contributed by atoms with van der Waals surface area (Å²) < 4.78 is 40.3. The van der Waals surface area contributed by atoms with Crippen molar-refractivity contribution < 1.29 is 17.9 Å². The van der Waals surface area contributed by atoms with Crippen molar-refractivity contribution >= 4 is 21.4 Å². The third kappa shape index (κ3) is 6.38. The SMILES string of the molecule is COc1ncc(N2CCOCC2)cc1S(=O)(=O)Nc1cncc(-c2ccc(CN3C[C@@H](C)N(C)[C@@H](C)C3)cc2)c1. The summed E-state index contributed by atoms with van der Waals surface area (Å²) in [4.78, 5) is 15.5. The first kappa shape index (κ1) is 28.3. The van der Waals surface area contributed by atoms with Crippen LogP contribution in [0.1, 0.15) is 19.4 Å². The van der Waals surface area contributed by atoms with Crippen LogP contribution in [0, 0.1) is 0 Å². The number of hydrogen-bond donors (Lipinski definition) is 1. The molecule has 4 heterocycles. The number of benzene rings is 1. The van der Waals surface area contributed by atoms with Gasteiger partial charge in [-0.05, 0) is 44.2 Å². The molecule has 2 fully saturated rings. The van der Waals surface area contributed by atoms with Gasteiger partial charge in [0.25, 0.3) is 10.0 Å². The number of piperazine rings is 1. The third-order valence-corrected chi connectivity index (χ3v) is 9.16. The van der Waals surface area contributed by atoms with Crippen LogP contribution in [0.5, 0.6) is 5.88 Å². The van der Waals surface area contributed by atoms with Gasteiger partial charge in [-0.3, -0.25) is 19.5 Å². The Bertz CT molecular complexity index is 1400. The van der Waals surface area contributed by atoms with Gasteiger partial charge in [0.15, 0.2) is 4.90 Å². The standard InChI is InChI=1S/C29H38N6O4S/c1-21-18-34(19-22(2)33(21)3)20-23-5-7-24(8-6-23)25-13-26(16-30-15-25)32-40(36,37)28-14-27(17-31-29(28)38-4)35-9-11-39-12-10-35/h5-8,13-17,21-22,32H,9-12,18-20H2,1-4H3/t21-,22+. The first-order valence-corrected chi connectivity index (χ1v) is 15.1. The van der Waals surface area contributed by atoms with Crippen molar-refractivity contribution in [3.05, 3.63) is 60.6 Å². The van der Waals surface area contributed by atoms with Crippen LogP contribution in [-0.4, -0.2) is 93.8 Å². The molecule has 0 radical (unpaired) electrons. The second kappa shape index (κ2) is 12.1. The molecule has 2 aromatic heterocycles. The number of methoxy groups -OCH3 is 1. The Morgan fingerprint density at radius 2 is 1.70 bits per heavy atom. The average molecular weight is 567 g/mol. The van der Waals surface area contributed by atoms with Gasteiger partial charge in [-0.1, -0.05) is 24.3 Å². The number of nitrogens with zero attached hydrogens (tertiary/aromatic N) is 5. The number of sulfonamides is 1. The van der Waals surface area contributed by atoms with E-state index in [9.17, 15) is 8.42 Å². The van der Waals surface area contributed by atoms with Gasteiger partial charge in [0.05, 0.1) is 44.1 Å². The maximum absolute atomic E-state index is 13.5. The third-order valence-electron chi connectivity index (χ3n) is 7.78. The molecule has 2 aliphatic rings. The van der Waals surface area contributed by atoms with Gasteiger partial charge in [0, 0.05) is 56.6 Å². The zero-order valence-corrected chi connectivity index (χ0v) is 24.4. The molecule has 5 rings (SSSR count). The number of nitrogens with one attached hydrogen (secondary N) is 1. The van der Waals surface area contributed by atoms with E-state index >= 15 is 0 Å². The molecule has 11 heteroatoms. The number of ether oxygens (including phenoxy) is 2. The fraction of sp³-hybridized carbons (Fsp3) is 0.448. The van der Waals surface area contributed by atoms with Gasteiger partial charge in [0.2, 0.25) is 5.88 Å². The Morgan fingerprint density at radius 1 is 1.00 bits per heavy atom. The van der Waals surface area contributed by atoms with Crippen LogP contribution in [0.4, 0.5) is 11.4 Å². The summed E-state index contributed by atoms with van der Waals surface area (Å²) in [6.45, 7) is 10.0. The molecule has 40 heavy (non-hydrogen) atoms. The zero-order chi connectivity index (χ0) is 28.3. The highest BCUT2D eigenvalue weighted by atomic mass is 32.2. The second-order valence-electron chi connectivity index (χ2n) is 10.6. The van der Waals surface area contributed by atoms with Gasteiger partial charge >= 0.3 is 0 Å². The smallest absolute Gasteiger partial charge is 0.267 e. The highest BCUT2D eigenvalue weighted by Gasteiger charge is 2.27. The number of likely N-dealkylation sites (N-methyl/N-ethyl adjacent to an activating group) is 1. The van der Waals surface area contributed by atoms with Crippen LogP contribution in [-0.2, 0) is 21.3 Å². The molecular weight excluding hydrogens is 528 g/mol. The van der Waals surface area contributed by atoms with Gasteiger partial charge in [-0.2, -0.15) is 0 Å². The normalized spacial score (nSPS) is 20.9. The summed E-state index contributed by atoms with van der Waals surface area (Å²) in [6, 6.07) is 12.8. The van der Waals surface area contributed by atoms with Gasteiger partial charge in [0.1, 0.15) is 0 Å². The number of pyridine rings is 2. The molecule has 10 nitrogen and oxygen atoms in total. The highest BCUT2D eigenvalue weighted by molar-refractivity contribution is 7.92. The molecule has 0 bridgehead atoms. The van der Waals surface area contributed by atoms with Gasteiger partial charge in [-0.25, -0.2) is 13.4 Å². The van der Waals surface area contributed by atoms with E-state index in [0.29, 0.717) is 49.8 Å². The molecule has 214 valence electrons. The molecule has 1 aromatic carbocycles. The highest BCUT2D eigenvalue weighted by Crippen LogP contribution is 2.30. The fourth-order valence-electron chi connectivity index (χ4n) is 5.33. The minimum atomic E-state index is -4.00. The Morgan fingerprint density at radius 3 is 2.38 bits per heavy atom. The first-order valence-electron chi connectivity index (χ1n) is 13.6. The van der Waals surface area contributed by atoms with Crippen molar-refractivity contribution in [1.82, 2.24) is 19.8 Å². The summed E-state index contributed by atoms with van der Waals surface area (Å²) in [7, 11) is -0.393. The molecule has 2 saturated heterocycles. The van der Waals surface area contributed by atoms with Crippen molar-refractivity contribution in [2.75, 3.05) is 63.2 Å². The lowest BCUT2D eigenvalue weighted by Crippen LogP contribution is -2.54. The Balaban J connectivity index is 1.31. The summed E-state index contributed by atoms with van der Waals surface area (Å²) in [5.74, 6) is 0.0355. The van der Waals surface area contributed by atoms with Crippen LogP contribution < -0.4 is 14.4 Å². The van der Waals surface area contributed by atoms with E-state index in [0.717, 1.165) is 30.8 Å². The maximum atomic E-state index is 13.5. The largest absolute Gasteiger partial charge is 0.480 e. The number of rotatable bonds is 8. The molecule has 2 atom stereocenters. The van der Waals surface area contributed by atoms with Crippen molar-refractivity contribution in [3.63, 3.8) is 0 Å². The summed E-state index contributed by atoms with van der Waals surface area (Å²) in [6.07, 6.45) is 4.86. The minimum Gasteiger partial charge on any atom is -0.480 e. The fourth-order valence-corrected chi connectivity index (χ4v) is 6.50. The van der Waals surface area contributed by atoms with E-state index in [1.54, 1.807) is 24.5 Å². The minimum absolute atomic E-state index is 0.0266. The number of anilines is 2. The molecule has 0 aliphatic carbocycles. The van der Waals surface area contributed by atoms with E-state index < -0.39 is 10.0 Å². The number of aromatic nitrogens is 2. The quantitative estimate of drug-likeness (QED) is 0.440. The van der Waals surface area contributed by atoms with Crippen LogP contribution in [0.25, 0.3) is 11.1 Å². The zero-order valence-electron chi connectivity index (χ0n) is 23.6. The maximum Gasteiger partial charge on any atom is 0.267 e. The predicted octanol–water partition coefficient (Wildman–Crippen LogP) is 3.31. The van der Waals surface area contributed by atoms with Crippen LogP contribution in [0.15, 0.2) is 59.9 Å². The average Bonchev–Trinajstić information content (AvgIpc) is 2.96. The van der Waals surface area contributed by atoms with Crippen molar-refractivity contribution in [2.24, 2.45) is 0 Å². The molecule has 0 spiro atoms. The molecule has 0 saturated carbocycles. The van der Waals surface area contributed by atoms with E-state index in [2.05, 4.69) is 69.7 Å². The lowest BCUT2D eigenvalue weighted by atomic mass is 10.0. The Labute approximate surface area is 237 Å². The first-order chi connectivity index (χ1) is 19.2. The van der Waals surface area contributed by atoms with E-state index in [1.165, 1.54) is 18.9 Å².